The highest BCUT2D eigenvalue weighted by atomic mass is 32.1. The summed E-state index contributed by atoms with van der Waals surface area (Å²) in [4.78, 5) is 1.30. The van der Waals surface area contributed by atoms with E-state index in [0.717, 1.165) is 17.7 Å². The Kier molecular flexibility index (Phi) is 2.88. The van der Waals surface area contributed by atoms with E-state index in [-0.39, 0.29) is 12.1 Å². The fourth-order valence-corrected chi connectivity index (χ4v) is 3.47. The number of fused-ring (bicyclic) bond motifs is 1. The monoisotopic (exact) mass is 259 g/mol. The lowest BCUT2D eigenvalue weighted by atomic mass is 9.94. The predicted molar refractivity (Wildman–Crippen MR) is 75.1 cm³/mol. The van der Waals surface area contributed by atoms with Crippen LogP contribution in [0.5, 0.6) is 5.75 Å². The van der Waals surface area contributed by atoms with Crippen LogP contribution in [0.25, 0.3) is 0 Å². The third-order valence-corrected chi connectivity index (χ3v) is 4.61. The maximum Gasteiger partial charge on any atom is 0.135 e. The van der Waals surface area contributed by atoms with Gasteiger partial charge in [0.25, 0.3) is 0 Å². The van der Waals surface area contributed by atoms with Crippen LogP contribution in [0.1, 0.15) is 40.1 Å². The Labute approximate surface area is 111 Å². The fourth-order valence-electron chi connectivity index (χ4n) is 2.50. The number of benzene rings is 1. The van der Waals surface area contributed by atoms with Crippen molar-refractivity contribution in [3.05, 3.63) is 51.2 Å². The molecule has 2 atom stereocenters. The fraction of sp³-hybridized carbons (Fsp3) is 0.333. The van der Waals surface area contributed by atoms with Gasteiger partial charge in [-0.25, -0.2) is 0 Å². The van der Waals surface area contributed by atoms with Crippen LogP contribution in [-0.4, -0.2) is 0 Å². The quantitative estimate of drug-likeness (QED) is 0.843. The smallest absolute Gasteiger partial charge is 0.135 e. The molecule has 1 aliphatic heterocycles. The van der Waals surface area contributed by atoms with E-state index < -0.39 is 0 Å². The van der Waals surface area contributed by atoms with Crippen molar-refractivity contribution in [1.82, 2.24) is 0 Å². The lowest BCUT2D eigenvalue weighted by molar-refractivity contribution is 0.164. The Morgan fingerprint density at radius 2 is 2.11 bits per heavy atom. The van der Waals surface area contributed by atoms with Crippen LogP contribution in [0, 0.1) is 13.8 Å². The first-order chi connectivity index (χ1) is 8.65. The zero-order valence-electron chi connectivity index (χ0n) is 10.6. The lowest BCUT2D eigenvalue weighted by Crippen LogP contribution is -2.24. The molecule has 0 bridgehead atoms. The standard InChI is InChI=1S/C15H17NOS/c1-9-3-4-13-11(7-9)12(16)8-14(17-13)15-10(2)5-6-18-15/h3-7,12,14H,8,16H2,1-2H3. The Morgan fingerprint density at radius 1 is 1.28 bits per heavy atom. The minimum atomic E-state index is 0.0696. The van der Waals surface area contributed by atoms with Crippen LogP contribution in [0.15, 0.2) is 29.6 Å². The maximum atomic E-state index is 6.29. The van der Waals surface area contributed by atoms with Gasteiger partial charge in [-0.15, -0.1) is 11.3 Å². The van der Waals surface area contributed by atoms with E-state index in [1.807, 2.05) is 6.07 Å². The normalized spacial score (nSPS) is 22.4. The molecule has 18 heavy (non-hydrogen) atoms. The average Bonchev–Trinajstić information content (AvgIpc) is 2.76. The lowest BCUT2D eigenvalue weighted by Gasteiger charge is -2.30. The molecule has 1 aromatic carbocycles. The summed E-state index contributed by atoms with van der Waals surface area (Å²) >= 11 is 1.76. The molecule has 2 aromatic rings. The zero-order valence-corrected chi connectivity index (χ0v) is 11.5. The van der Waals surface area contributed by atoms with E-state index in [0.29, 0.717) is 0 Å². The highest BCUT2D eigenvalue weighted by Gasteiger charge is 2.28. The molecular formula is C15H17NOS. The van der Waals surface area contributed by atoms with E-state index in [1.54, 1.807) is 11.3 Å². The van der Waals surface area contributed by atoms with Gasteiger partial charge in [-0.05, 0) is 36.9 Å². The van der Waals surface area contributed by atoms with Gasteiger partial charge in [0, 0.05) is 22.9 Å². The van der Waals surface area contributed by atoms with Crippen molar-refractivity contribution in [1.29, 1.82) is 0 Å². The van der Waals surface area contributed by atoms with Crippen molar-refractivity contribution in [2.24, 2.45) is 5.73 Å². The van der Waals surface area contributed by atoms with Gasteiger partial charge >= 0.3 is 0 Å². The highest BCUT2D eigenvalue weighted by Crippen LogP contribution is 2.42. The van der Waals surface area contributed by atoms with Gasteiger partial charge in [-0.2, -0.15) is 0 Å². The van der Waals surface area contributed by atoms with Gasteiger partial charge in [-0.1, -0.05) is 17.7 Å². The van der Waals surface area contributed by atoms with E-state index in [9.17, 15) is 0 Å². The summed E-state index contributed by atoms with van der Waals surface area (Å²) in [5, 5.41) is 2.12. The zero-order chi connectivity index (χ0) is 12.7. The Bertz CT molecular complexity index is 576. The molecule has 0 saturated carbocycles. The molecular weight excluding hydrogens is 242 g/mol. The van der Waals surface area contributed by atoms with Crippen molar-refractivity contribution in [3.63, 3.8) is 0 Å². The van der Waals surface area contributed by atoms with Crippen molar-refractivity contribution >= 4 is 11.3 Å². The number of hydrogen-bond donors (Lipinski definition) is 1. The molecule has 3 heteroatoms. The van der Waals surface area contributed by atoms with E-state index in [1.165, 1.54) is 16.0 Å². The first-order valence-corrected chi connectivity index (χ1v) is 7.10. The molecule has 2 heterocycles. The van der Waals surface area contributed by atoms with Crippen LogP contribution in [0.2, 0.25) is 0 Å². The molecule has 94 valence electrons. The molecule has 2 N–H and O–H groups in total. The van der Waals surface area contributed by atoms with Crippen molar-refractivity contribution in [2.45, 2.75) is 32.4 Å². The second kappa shape index (κ2) is 4.41. The van der Waals surface area contributed by atoms with Crippen molar-refractivity contribution in [2.75, 3.05) is 0 Å². The second-order valence-electron chi connectivity index (χ2n) is 4.96. The third-order valence-electron chi connectivity index (χ3n) is 3.50. The molecule has 0 amide bonds. The summed E-state index contributed by atoms with van der Waals surface area (Å²) < 4.78 is 6.11. The molecule has 2 nitrogen and oxygen atoms in total. The summed E-state index contributed by atoms with van der Waals surface area (Å²) in [6.45, 7) is 4.22. The van der Waals surface area contributed by atoms with E-state index in [2.05, 4.69) is 37.4 Å². The number of aryl methyl sites for hydroxylation is 2. The summed E-state index contributed by atoms with van der Waals surface area (Å²) in [6.07, 6.45) is 0.966. The number of rotatable bonds is 1. The molecule has 0 aliphatic carbocycles. The number of thiophene rings is 1. The molecule has 3 rings (SSSR count). The minimum absolute atomic E-state index is 0.0696. The minimum Gasteiger partial charge on any atom is -0.484 e. The third kappa shape index (κ3) is 1.93. The Hall–Kier alpha value is -1.32. The SMILES string of the molecule is Cc1ccc2c(c1)C(N)CC(c1sccc1C)O2. The molecule has 0 fully saturated rings. The van der Waals surface area contributed by atoms with Crippen LogP contribution in [0.3, 0.4) is 0 Å². The van der Waals surface area contributed by atoms with Gasteiger partial charge in [0.15, 0.2) is 0 Å². The largest absolute Gasteiger partial charge is 0.484 e. The van der Waals surface area contributed by atoms with E-state index >= 15 is 0 Å². The number of ether oxygens (including phenoxy) is 1. The molecule has 1 aliphatic rings. The van der Waals surface area contributed by atoms with Crippen LogP contribution < -0.4 is 10.5 Å². The second-order valence-corrected chi connectivity index (χ2v) is 5.91. The summed E-state index contributed by atoms with van der Waals surface area (Å²) in [5.74, 6) is 0.942. The average molecular weight is 259 g/mol. The molecule has 1 aromatic heterocycles. The molecule has 0 saturated heterocycles. The topological polar surface area (TPSA) is 35.2 Å². The van der Waals surface area contributed by atoms with Gasteiger partial charge in [0.05, 0.1) is 0 Å². The summed E-state index contributed by atoms with van der Waals surface area (Å²) in [6, 6.07) is 8.46. The number of hydrogen-bond acceptors (Lipinski definition) is 3. The van der Waals surface area contributed by atoms with Crippen molar-refractivity contribution < 1.29 is 4.74 Å². The maximum absolute atomic E-state index is 6.29. The highest BCUT2D eigenvalue weighted by molar-refractivity contribution is 7.10. The molecule has 2 unspecified atom stereocenters. The van der Waals surface area contributed by atoms with Crippen LogP contribution >= 0.6 is 11.3 Å². The summed E-state index contributed by atoms with van der Waals surface area (Å²) in [7, 11) is 0. The van der Waals surface area contributed by atoms with Gasteiger partial charge in [0.2, 0.25) is 0 Å². The Morgan fingerprint density at radius 3 is 2.83 bits per heavy atom. The van der Waals surface area contributed by atoms with Gasteiger partial charge in [-0.3, -0.25) is 0 Å². The first kappa shape index (κ1) is 11.8. The summed E-state index contributed by atoms with van der Waals surface area (Å²) in [5.41, 5.74) is 9.96. The van der Waals surface area contributed by atoms with Gasteiger partial charge in [0.1, 0.15) is 11.9 Å². The molecule has 0 radical (unpaired) electrons. The van der Waals surface area contributed by atoms with Crippen molar-refractivity contribution in [3.8, 4) is 5.75 Å². The van der Waals surface area contributed by atoms with Crippen LogP contribution in [-0.2, 0) is 0 Å². The molecule has 0 spiro atoms. The Balaban J connectivity index is 1.97. The first-order valence-electron chi connectivity index (χ1n) is 6.22. The van der Waals surface area contributed by atoms with E-state index in [4.69, 9.17) is 10.5 Å². The number of nitrogens with two attached hydrogens (primary N) is 1. The predicted octanol–water partition coefficient (Wildman–Crippen LogP) is 3.89. The van der Waals surface area contributed by atoms with Crippen LogP contribution in [0.4, 0.5) is 0 Å². The van der Waals surface area contributed by atoms with Gasteiger partial charge < -0.3 is 10.5 Å².